The zero-order chi connectivity index (χ0) is 13.8. The lowest BCUT2D eigenvalue weighted by Gasteiger charge is -2.39. The molecule has 3 rings (SSSR count). The topological polar surface area (TPSA) is 27.7 Å². The third kappa shape index (κ3) is 4.06. The molecule has 2 saturated heterocycles. The van der Waals surface area contributed by atoms with Crippen LogP contribution in [0.3, 0.4) is 0 Å². The van der Waals surface area contributed by atoms with Crippen LogP contribution < -0.4 is 5.32 Å². The van der Waals surface area contributed by atoms with E-state index < -0.39 is 0 Å². The highest BCUT2D eigenvalue weighted by Crippen LogP contribution is 2.23. The van der Waals surface area contributed by atoms with E-state index in [9.17, 15) is 0 Å². The van der Waals surface area contributed by atoms with E-state index in [2.05, 4.69) is 15.1 Å². The summed E-state index contributed by atoms with van der Waals surface area (Å²) in [4.78, 5) is 5.01. The number of nitrogens with one attached hydrogen (secondary N) is 1. The lowest BCUT2D eigenvalue weighted by molar-refractivity contribution is 0.0337. The van der Waals surface area contributed by atoms with Crippen molar-refractivity contribution in [1.29, 1.82) is 0 Å². The van der Waals surface area contributed by atoms with Crippen LogP contribution in [0.25, 0.3) is 0 Å². The van der Waals surface area contributed by atoms with Gasteiger partial charge in [0.2, 0.25) is 0 Å². The minimum absolute atomic E-state index is 0.644. The van der Waals surface area contributed by atoms with E-state index in [1.54, 1.807) is 0 Å². The van der Waals surface area contributed by atoms with Gasteiger partial charge in [0.15, 0.2) is 5.11 Å². The van der Waals surface area contributed by atoms with E-state index in [1.165, 1.54) is 45.1 Å². The molecule has 0 aromatic carbocycles. The molecule has 0 spiro atoms. The fourth-order valence-electron chi connectivity index (χ4n) is 3.21. The summed E-state index contributed by atoms with van der Waals surface area (Å²) < 4.78 is 5.42. The van der Waals surface area contributed by atoms with Gasteiger partial charge >= 0.3 is 0 Å². The van der Waals surface area contributed by atoms with Crippen LogP contribution in [0, 0.1) is 0 Å². The van der Waals surface area contributed by atoms with Crippen LogP contribution in [-0.4, -0.2) is 66.4 Å². The highest BCUT2D eigenvalue weighted by Gasteiger charge is 2.29. The average Bonchev–Trinajstić information content (AvgIpc) is 3.30. The first-order valence-electron chi connectivity index (χ1n) is 8.20. The van der Waals surface area contributed by atoms with E-state index in [4.69, 9.17) is 17.0 Å². The molecule has 1 N–H and O–H groups in total. The number of rotatable bonds is 4. The molecule has 0 amide bonds. The van der Waals surface area contributed by atoms with Crippen LogP contribution in [0.2, 0.25) is 0 Å². The van der Waals surface area contributed by atoms with Gasteiger partial charge in [-0.15, -0.1) is 0 Å². The molecule has 20 heavy (non-hydrogen) atoms. The third-order valence-electron chi connectivity index (χ3n) is 4.68. The number of thiocarbonyl (C=S) groups is 1. The Kier molecular flexibility index (Phi) is 5.13. The first kappa shape index (κ1) is 14.5. The van der Waals surface area contributed by atoms with Crippen molar-refractivity contribution in [3.05, 3.63) is 0 Å². The number of nitrogens with zero attached hydrogens (tertiary/aromatic N) is 2. The van der Waals surface area contributed by atoms with E-state index in [0.29, 0.717) is 12.1 Å². The van der Waals surface area contributed by atoms with E-state index in [0.717, 1.165) is 38.0 Å². The van der Waals surface area contributed by atoms with Gasteiger partial charge in [-0.3, -0.25) is 4.90 Å². The second kappa shape index (κ2) is 7.05. The maximum Gasteiger partial charge on any atom is 0.169 e. The van der Waals surface area contributed by atoms with Crippen molar-refractivity contribution in [2.75, 3.05) is 39.4 Å². The van der Waals surface area contributed by atoms with Crippen molar-refractivity contribution in [3.8, 4) is 0 Å². The molecule has 1 atom stereocenters. The molecule has 3 fully saturated rings. The van der Waals surface area contributed by atoms with Crippen LogP contribution >= 0.6 is 12.2 Å². The van der Waals surface area contributed by atoms with E-state index in [1.807, 2.05) is 0 Å². The average molecular weight is 297 g/mol. The van der Waals surface area contributed by atoms with Crippen LogP contribution in [-0.2, 0) is 4.74 Å². The van der Waals surface area contributed by atoms with Crippen molar-refractivity contribution in [2.45, 2.75) is 50.6 Å². The Hall–Kier alpha value is -0.390. The zero-order valence-corrected chi connectivity index (χ0v) is 13.2. The maximum atomic E-state index is 5.62. The molecule has 2 heterocycles. The predicted octanol–water partition coefficient (Wildman–Crippen LogP) is 1.60. The second-order valence-corrected chi connectivity index (χ2v) is 6.70. The Morgan fingerprint density at radius 2 is 1.90 bits per heavy atom. The minimum Gasteiger partial charge on any atom is -0.379 e. The molecule has 0 bridgehead atoms. The van der Waals surface area contributed by atoms with Gasteiger partial charge in [-0.25, -0.2) is 0 Å². The Labute approximate surface area is 127 Å². The fraction of sp³-hybridized carbons (Fsp3) is 0.933. The lowest BCUT2D eigenvalue weighted by atomic mass is 9.99. The summed E-state index contributed by atoms with van der Waals surface area (Å²) in [6.45, 7) is 6.32. The van der Waals surface area contributed by atoms with Crippen LogP contribution in [0.4, 0.5) is 0 Å². The number of morpholine rings is 1. The first-order valence-corrected chi connectivity index (χ1v) is 8.61. The molecule has 0 aromatic heterocycles. The van der Waals surface area contributed by atoms with Gasteiger partial charge < -0.3 is 15.0 Å². The largest absolute Gasteiger partial charge is 0.379 e. The molecule has 4 nitrogen and oxygen atoms in total. The molecule has 5 heteroatoms. The summed E-state index contributed by atoms with van der Waals surface area (Å²) in [5.74, 6) is 0. The summed E-state index contributed by atoms with van der Waals surface area (Å²) in [7, 11) is 0. The normalized spacial score (nSPS) is 28.4. The number of likely N-dealkylation sites (tertiary alicyclic amines) is 1. The Balaban J connectivity index is 1.47. The number of hydrogen-bond donors (Lipinski definition) is 1. The molecule has 1 aliphatic carbocycles. The summed E-state index contributed by atoms with van der Waals surface area (Å²) in [5.41, 5.74) is 0. The predicted molar refractivity (Wildman–Crippen MR) is 85.0 cm³/mol. The van der Waals surface area contributed by atoms with Crippen molar-refractivity contribution >= 4 is 17.3 Å². The van der Waals surface area contributed by atoms with Crippen molar-refractivity contribution in [3.63, 3.8) is 0 Å². The second-order valence-electron chi connectivity index (χ2n) is 6.31. The Bertz CT molecular complexity index is 329. The molecular weight excluding hydrogens is 270 g/mol. The Morgan fingerprint density at radius 1 is 1.10 bits per heavy atom. The monoisotopic (exact) mass is 297 g/mol. The fourth-order valence-corrected chi connectivity index (χ4v) is 3.62. The SMILES string of the molecule is S=C(NC1CC1)N1CCCC[C@@H]1CCN1CCOCC1. The smallest absolute Gasteiger partial charge is 0.169 e. The standard InChI is InChI=1S/C15H27N3OS/c20-15(16-13-4-5-13)18-7-2-1-3-14(18)6-8-17-9-11-19-12-10-17/h13-14H,1-12H2,(H,16,20)/t14-/m1/s1. The number of hydrogen-bond acceptors (Lipinski definition) is 3. The van der Waals surface area contributed by atoms with Gasteiger partial charge in [-0.1, -0.05) is 0 Å². The quantitative estimate of drug-likeness (QED) is 0.796. The van der Waals surface area contributed by atoms with Crippen molar-refractivity contribution < 1.29 is 4.74 Å². The number of ether oxygens (including phenoxy) is 1. The lowest BCUT2D eigenvalue weighted by Crippen LogP contribution is -2.50. The van der Waals surface area contributed by atoms with Crippen LogP contribution in [0.15, 0.2) is 0 Å². The van der Waals surface area contributed by atoms with Gasteiger partial charge in [0.05, 0.1) is 13.2 Å². The summed E-state index contributed by atoms with van der Waals surface area (Å²) >= 11 is 5.62. The van der Waals surface area contributed by atoms with E-state index in [-0.39, 0.29) is 0 Å². The molecule has 1 saturated carbocycles. The maximum absolute atomic E-state index is 5.62. The molecule has 0 aromatic rings. The Morgan fingerprint density at radius 3 is 2.65 bits per heavy atom. The van der Waals surface area contributed by atoms with E-state index >= 15 is 0 Å². The third-order valence-corrected chi connectivity index (χ3v) is 5.03. The summed E-state index contributed by atoms with van der Waals surface area (Å²) in [6, 6.07) is 1.31. The molecular formula is C15H27N3OS. The minimum atomic E-state index is 0.644. The van der Waals surface area contributed by atoms with Crippen LogP contribution in [0.1, 0.15) is 38.5 Å². The van der Waals surface area contributed by atoms with Gasteiger partial charge in [0.1, 0.15) is 0 Å². The summed E-state index contributed by atoms with van der Waals surface area (Å²) in [6.07, 6.45) is 7.79. The van der Waals surface area contributed by atoms with Gasteiger partial charge in [0, 0.05) is 38.3 Å². The highest BCUT2D eigenvalue weighted by atomic mass is 32.1. The van der Waals surface area contributed by atoms with Crippen LogP contribution in [0.5, 0.6) is 0 Å². The molecule has 0 unspecified atom stereocenters. The molecule has 114 valence electrons. The highest BCUT2D eigenvalue weighted by molar-refractivity contribution is 7.80. The van der Waals surface area contributed by atoms with Gasteiger partial charge in [-0.05, 0) is 50.7 Å². The first-order chi connectivity index (χ1) is 9.83. The van der Waals surface area contributed by atoms with Gasteiger partial charge in [0.25, 0.3) is 0 Å². The van der Waals surface area contributed by atoms with Crippen molar-refractivity contribution in [1.82, 2.24) is 15.1 Å². The van der Waals surface area contributed by atoms with Crippen molar-refractivity contribution in [2.24, 2.45) is 0 Å². The van der Waals surface area contributed by atoms with Gasteiger partial charge in [-0.2, -0.15) is 0 Å². The zero-order valence-electron chi connectivity index (χ0n) is 12.4. The number of piperidine rings is 1. The summed E-state index contributed by atoms with van der Waals surface area (Å²) in [5, 5.41) is 4.53. The molecule has 0 radical (unpaired) electrons. The molecule has 3 aliphatic rings. The molecule has 2 aliphatic heterocycles.